The van der Waals surface area contributed by atoms with E-state index in [4.69, 9.17) is 4.52 Å². The van der Waals surface area contributed by atoms with Gasteiger partial charge in [0.25, 0.3) is 0 Å². The zero-order chi connectivity index (χ0) is 13.7. The summed E-state index contributed by atoms with van der Waals surface area (Å²) in [5.41, 5.74) is 0.651. The van der Waals surface area contributed by atoms with Gasteiger partial charge in [0.1, 0.15) is 12.2 Å². The van der Waals surface area contributed by atoms with Crippen LogP contribution in [0.5, 0.6) is 0 Å². The van der Waals surface area contributed by atoms with Crippen molar-refractivity contribution in [3.8, 4) is 0 Å². The first-order valence-electron chi connectivity index (χ1n) is 5.71. The van der Waals surface area contributed by atoms with Gasteiger partial charge in [0.15, 0.2) is 5.82 Å². The van der Waals surface area contributed by atoms with Crippen molar-refractivity contribution in [1.29, 1.82) is 0 Å². The quantitative estimate of drug-likeness (QED) is 0.822. The van der Waals surface area contributed by atoms with Crippen LogP contribution in [-0.4, -0.2) is 17.0 Å². The first-order valence-corrected chi connectivity index (χ1v) is 5.71. The number of nitrogens with one attached hydrogen (secondary N) is 2. The number of amides is 2. The molecule has 2 amide bonds. The Balaban J connectivity index is 1.84. The Morgan fingerprint density at radius 3 is 2.47 bits per heavy atom. The third-order valence-corrected chi connectivity index (χ3v) is 2.27. The number of nitrogens with zero attached hydrogens (tertiary/aromatic N) is 1. The van der Waals surface area contributed by atoms with Crippen molar-refractivity contribution in [1.82, 2.24) is 5.16 Å². The van der Waals surface area contributed by atoms with Gasteiger partial charge in [-0.25, -0.2) is 0 Å². The highest BCUT2D eigenvalue weighted by atomic mass is 16.5. The molecular formula is C13H13N3O3. The maximum atomic E-state index is 11.6. The van der Waals surface area contributed by atoms with Crippen LogP contribution in [0.1, 0.15) is 12.2 Å². The summed E-state index contributed by atoms with van der Waals surface area (Å²) in [5.74, 6) is 0.0599. The summed E-state index contributed by atoms with van der Waals surface area (Å²) in [5, 5.41) is 8.70. The Kier molecular flexibility index (Phi) is 3.92. The molecule has 0 aliphatic heterocycles. The molecule has 2 N–H and O–H groups in total. The van der Waals surface area contributed by atoms with Gasteiger partial charge in [-0.1, -0.05) is 23.4 Å². The lowest BCUT2D eigenvalue weighted by molar-refractivity contribution is -0.123. The second-order valence-electron chi connectivity index (χ2n) is 3.96. The van der Waals surface area contributed by atoms with Crippen molar-refractivity contribution >= 4 is 23.3 Å². The Morgan fingerprint density at radius 2 is 1.84 bits per heavy atom. The van der Waals surface area contributed by atoms with Crippen molar-refractivity contribution in [3.63, 3.8) is 0 Å². The van der Waals surface area contributed by atoms with Gasteiger partial charge in [-0.2, -0.15) is 0 Å². The number of aromatic nitrogens is 1. The number of carbonyl (C=O) groups excluding carboxylic acids is 2. The zero-order valence-corrected chi connectivity index (χ0v) is 10.3. The molecule has 2 aromatic rings. The lowest BCUT2D eigenvalue weighted by Crippen LogP contribution is -2.21. The lowest BCUT2D eigenvalue weighted by atomic mass is 10.3. The molecule has 0 spiro atoms. The first kappa shape index (κ1) is 12.8. The van der Waals surface area contributed by atoms with Crippen molar-refractivity contribution in [2.24, 2.45) is 0 Å². The van der Waals surface area contributed by atoms with E-state index in [0.29, 0.717) is 17.3 Å². The molecule has 0 aliphatic rings. The molecule has 98 valence electrons. The second-order valence-corrected chi connectivity index (χ2v) is 3.96. The molecule has 1 aromatic carbocycles. The zero-order valence-electron chi connectivity index (χ0n) is 10.3. The smallest absolute Gasteiger partial charge is 0.235 e. The fraction of sp³-hybridized carbons (Fsp3) is 0.154. The van der Waals surface area contributed by atoms with E-state index in [1.807, 2.05) is 6.07 Å². The molecule has 0 unspecified atom stereocenters. The molecule has 0 saturated heterocycles. The molecule has 2 rings (SSSR count). The first-order chi connectivity index (χ1) is 9.13. The molecule has 0 radical (unpaired) electrons. The van der Waals surface area contributed by atoms with E-state index >= 15 is 0 Å². The average molecular weight is 259 g/mol. The third kappa shape index (κ3) is 3.95. The maximum Gasteiger partial charge on any atom is 0.235 e. The molecule has 0 fully saturated rings. The summed E-state index contributed by atoms with van der Waals surface area (Å²) in [6, 6.07) is 10.5. The number of hydrogen-bond acceptors (Lipinski definition) is 4. The molecule has 0 saturated carbocycles. The molecule has 6 heteroatoms. The van der Waals surface area contributed by atoms with Crippen LogP contribution < -0.4 is 10.6 Å². The minimum absolute atomic E-state index is 0.277. The summed E-state index contributed by atoms with van der Waals surface area (Å²) < 4.78 is 4.80. The third-order valence-electron chi connectivity index (χ3n) is 2.27. The topological polar surface area (TPSA) is 84.2 Å². The number of carbonyl (C=O) groups is 2. The average Bonchev–Trinajstić information content (AvgIpc) is 2.75. The SMILES string of the molecule is Cc1cc(NC(=O)CC(=O)Nc2ccccc2)no1. The minimum Gasteiger partial charge on any atom is -0.360 e. The van der Waals surface area contributed by atoms with E-state index in [9.17, 15) is 9.59 Å². The number of anilines is 2. The number of hydrogen-bond donors (Lipinski definition) is 2. The van der Waals surface area contributed by atoms with Crippen molar-refractivity contribution in [2.45, 2.75) is 13.3 Å². The van der Waals surface area contributed by atoms with E-state index in [1.54, 1.807) is 37.3 Å². The summed E-state index contributed by atoms with van der Waals surface area (Å²) in [7, 11) is 0. The highest BCUT2D eigenvalue weighted by molar-refractivity contribution is 6.07. The van der Waals surface area contributed by atoms with Gasteiger partial charge in [-0.3, -0.25) is 9.59 Å². The van der Waals surface area contributed by atoms with E-state index in [2.05, 4.69) is 15.8 Å². The van der Waals surface area contributed by atoms with Crippen LogP contribution in [-0.2, 0) is 9.59 Å². The van der Waals surface area contributed by atoms with Crippen molar-refractivity contribution in [3.05, 3.63) is 42.2 Å². The Labute approximate surface area is 109 Å². The number of para-hydroxylation sites is 1. The van der Waals surface area contributed by atoms with Crippen molar-refractivity contribution < 1.29 is 14.1 Å². The lowest BCUT2D eigenvalue weighted by Gasteiger charge is -2.04. The summed E-state index contributed by atoms with van der Waals surface area (Å²) in [4.78, 5) is 23.2. The van der Waals surface area contributed by atoms with Crippen LogP contribution in [0.25, 0.3) is 0 Å². The summed E-state index contributed by atoms with van der Waals surface area (Å²) in [6.07, 6.45) is -0.277. The van der Waals surface area contributed by atoms with Gasteiger partial charge in [0.05, 0.1) is 0 Å². The maximum absolute atomic E-state index is 11.6. The monoisotopic (exact) mass is 259 g/mol. The predicted octanol–water partition coefficient (Wildman–Crippen LogP) is 1.95. The van der Waals surface area contributed by atoms with Crippen LogP contribution >= 0.6 is 0 Å². The van der Waals surface area contributed by atoms with Gasteiger partial charge in [-0.05, 0) is 19.1 Å². The minimum atomic E-state index is -0.443. The fourth-order valence-corrected chi connectivity index (χ4v) is 1.48. The predicted molar refractivity (Wildman–Crippen MR) is 69.6 cm³/mol. The molecule has 0 aliphatic carbocycles. The molecule has 0 bridgehead atoms. The van der Waals surface area contributed by atoms with Gasteiger partial charge in [0.2, 0.25) is 11.8 Å². The molecule has 6 nitrogen and oxygen atoms in total. The number of rotatable bonds is 4. The van der Waals surface area contributed by atoms with Gasteiger partial charge in [-0.15, -0.1) is 0 Å². The summed E-state index contributed by atoms with van der Waals surface area (Å²) >= 11 is 0. The highest BCUT2D eigenvalue weighted by Crippen LogP contribution is 2.08. The normalized spacial score (nSPS) is 9.95. The van der Waals surface area contributed by atoms with Gasteiger partial charge < -0.3 is 15.2 Å². The summed E-state index contributed by atoms with van der Waals surface area (Å²) in [6.45, 7) is 1.71. The molecule has 0 atom stereocenters. The standard InChI is InChI=1S/C13H13N3O3/c1-9-7-11(16-19-9)15-13(18)8-12(17)14-10-5-3-2-4-6-10/h2-7H,8H2,1H3,(H,14,17)(H,15,16,18). The Bertz CT molecular complexity index is 578. The van der Waals surface area contributed by atoms with Crippen LogP contribution in [0.4, 0.5) is 11.5 Å². The number of aryl methyl sites for hydroxylation is 1. The van der Waals surface area contributed by atoms with E-state index in [-0.39, 0.29) is 12.3 Å². The van der Waals surface area contributed by atoms with Crippen LogP contribution in [0, 0.1) is 6.92 Å². The van der Waals surface area contributed by atoms with E-state index < -0.39 is 5.91 Å². The number of benzene rings is 1. The Morgan fingerprint density at radius 1 is 1.16 bits per heavy atom. The largest absolute Gasteiger partial charge is 0.360 e. The molecule has 1 aromatic heterocycles. The van der Waals surface area contributed by atoms with Crippen LogP contribution in [0.15, 0.2) is 40.9 Å². The second kappa shape index (κ2) is 5.81. The molecule has 1 heterocycles. The molecule has 19 heavy (non-hydrogen) atoms. The molecular weight excluding hydrogens is 246 g/mol. The highest BCUT2D eigenvalue weighted by Gasteiger charge is 2.11. The van der Waals surface area contributed by atoms with E-state index in [0.717, 1.165) is 0 Å². The fourth-order valence-electron chi connectivity index (χ4n) is 1.48. The Hall–Kier alpha value is -2.63. The van der Waals surface area contributed by atoms with E-state index in [1.165, 1.54) is 0 Å². The van der Waals surface area contributed by atoms with Gasteiger partial charge in [0, 0.05) is 11.8 Å². The van der Waals surface area contributed by atoms with Crippen molar-refractivity contribution in [2.75, 3.05) is 10.6 Å². The van der Waals surface area contributed by atoms with Gasteiger partial charge >= 0.3 is 0 Å². The van der Waals surface area contributed by atoms with Crippen LogP contribution in [0.3, 0.4) is 0 Å². The van der Waals surface area contributed by atoms with Crippen LogP contribution in [0.2, 0.25) is 0 Å².